The fraction of sp³-hybridized carbons (Fsp3) is 0.0435. The number of fused-ring (bicyclic) bond motifs is 1. The summed E-state index contributed by atoms with van der Waals surface area (Å²) >= 11 is 0. The molecule has 5 rings (SSSR count). The highest BCUT2D eigenvalue weighted by Gasteiger charge is 2.29. The van der Waals surface area contributed by atoms with Gasteiger partial charge in [0.05, 0.1) is 23.7 Å². The lowest BCUT2D eigenvalue weighted by Crippen LogP contribution is -2.42. The van der Waals surface area contributed by atoms with Gasteiger partial charge in [-0.2, -0.15) is 0 Å². The summed E-state index contributed by atoms with van der Waals surface area (Å²) in [5, 5.41) is 2.01. The van der Waals surface area contributed by atoms with E-state index in [0.29, 0.717) is 12.5 Å². The summed E-state index contributed by atoms with van der Waals surface area (Å²) in [5.41, 5.74) is 9.77. The van der Waals surface area contributed by atoms with Gasteiger partial charge in [-0.3, -0.25) is 5.43 Å². The third-order valence-electron chi connectivity index (χ3n) is 4.70. The third kappa shape index (κ3) is 2.91. The molecule has 0 saturated heterocycles. The van der Waals surface area contributed by atoms with Crippen LogP contribution in [0.15, 0.2) is 101 Å². The van der Waals surface area contributed by atoms with Crippen LogP contribution in [0.1, 0.15) is 16.7 Å². The number of benzene rings is 3. The Morgan fingerprint density at radius 1 is 0.630 bits per heavy atom. The average Bonchev–Trinajstić information content (AvgIpc) is 3.18. The Labute approximate surface area is 158 Å². The molecular formula is C23H18N4. The molecule has 0 fully saturated rings. The first-order valence-corrected chi connectivity index (χ1v) is 8.99. The summed E-state index contributed by atoms with van der Waals surface area (Å²) < 4.78 is 0. The van der Waals surface area contributed by atoms with E-state index in [9.17, 15) is 0 Å². The highest BCUT2D eigenvalue weighted by molar-refractivity contribution is 6.15. The normalized spacial score (nSPS) is 15.8. The Bertz CT molecular complexity index is 1050. The van der Waals surface area contributed by atoms with E-state index in [-0.39, 0.29) is 0 Å². The van der Waals surface area contributed by atoms with Crippen molar-refractivity contribution in [2.75, 3.05) is 6.54 Å². The Hall–Kier alpha value is -3.66. The van der Waals surface area contributed by atoms with Crippen LogP contribution in [0.5, 0.6) is 0 Å². The fourth-order valence-corrected chi connectivity index (χ4v) is 3.35. The van der Waals surface area contributed by atoms with Gasteiger partial charge in [-0.05, 0) is 5.56 Å². The van der Waals surface area contributed by atoms with Crippen molar-refractivity contribution in [3.8, 4) is 0 Å². The molecular weight excluding hydrogens is 332 g/mol. The van der Waals surface area contributed by atoms with Gasteiger partial charge in [-0.1, -0.05) is 91.0 Å². The Balaban J connectivity index is 1.61. The molecule has 2 aliphatic heterocycles. The number of rotatable bonds is 3. The summed E-state index contributed by atoms with van der Waals surface area (Å²) in [6.45, 7) is 0.682. The molecule has 0 unspecified atom stereocenters. The number of hydrogen-bond acceptors (Lipinski definition) is 4. The van der Waals surface area contributed by atoms with Crippen LogP contribution in [0.2, 0.25) is 0 Å². The maximum atomic E-state index is 4.92. The van der Waals surface area contributed by atoms with Crippen LogP contribution in [0.25, 0.3) is 11.4 Å². The van der Waals surface area contributed by atoms with Crippen molar-refractivity contribution in [1.29, 1.82) is 0 Å². The molecule has 0 aliphatic carbocycles. The quantitative estimate of drug-likeness (QED) is 0.769. The zero-order chi connectivity index (χ0) is 18.1. The zero-order valence-corrected chi connectivity index (χ0v) is 14.7. The minimum absolute atomic E-state index is 0.682. The van der Waals surface area contributed by atoms with Crippen molar-refractivity contribution in [1.82, 2.24) is 10.4 Å². The van der Waals surface area contributed by atoms with Gasteiger partial charge in [0.1, 0.15) is 0 Å². The maximum Gasteiger partial charge on any atom is 0.245 e. The summed E-state index contributed by atoms with van der Waals surface area (Å²) in [5.74, 6) is 0.701. The molecule has 3 aromatic carbocycles. The smallest absolute Gasteiger partial charge is 0.245 e. The van der Waals surface area contributed by atoms with E-state index in [4.69, 9.17) is 9.98 Å². The van der Waals surface area contributed by atoms with E-state index >= 15 is 0 Å². The van der Waals surface area contributed by atoms with Crippen LogP contribution >= 0.6 is 0 Å². The predicted octanol–water partition coefficient (Wildman–Crippen LogP) is 4.19. The number of guanidine groups is 1. The topological polar surface area (TPSA) is 40.0 Å². The number of hydrogen-bond donors (Lipinski definition) is 1. The first kappa shape index (κ1) is 15.6. The average molecular weight is 350 g/mol. The van der Waals surface area contributed by atoms with Crippen LogP contribution in [0.3, 0.4) is 0 Å². The van der Waals surface area contributed by atoms with Crippen molar-refractivity contribution in [2.24, 2.45) is 9.98 Å². The molecule has 1 N–H and O–H groups in total. The van der Waals surface area contributed by atoms with E-state index in [1.54, 1.807) is 0 Å². The van der Waals surface area contributed by atoms with Crippen LogP contribution in [-0.4, -0.2) is 23.2 Å². The molecule has 0 aromatic heterocycles. The second-order valence-corrected chi connectivity index (χ2v) is 6.49. The number of hydrazine groups is 1. The molecule has 0 saturated carbocycles. The lowest BCUT2D eigenvalue weighted by atomic mass is 10.1. The molecule has 2 aliphatic rings. The third-order valence-corrected chi connectivity index (χ3v) is 4.70. The molecule has 130 valence electrons. The number of nitrogens with zero attached hydrogens (tertiary/aromatic N) is 3. The SMILES string of the molecule is c1ccc(C2=NC3=NC(c4ccccc4)=C(c4ccccc4)NN3C2)cc1. The number of aliphatic imine (C=N–C) groups is 2. The van der Waals surface area contributed by atoms with Gasteiger partial charge in [0.15, 0.2) is 0 Å². The van der Waals surface area contributed by atoms with E-state index in [1.807, 2.05) is 59.6 Å². The van der Waals surface area contributed by atoms with Gasteiger partial charge in [0.2, 0.25) is 5.96 Å². The summed E-state index contributed by atoms with van der Waals surface area (Å²) in [7, 11) is 0. The largest absolute Gasteiger partial charge is 0.293 e. The second kappa shape index (κ2) is 6.57. The highest BCUT2D eigenvalue weighted by Crippen LogP contribution is 2.30. The molecule has 4 heteroatoms. The lowest BCUT2D eigenvalue weighted by molar-refractivity contribution is 0.420. The molecule has 0 radical (unpaired) electrons. The Kier molecular flexibility index (Phi) is 3.79. The highest BCUT2D eigenvalue weighted by atomic mass is 15.6. The first-order chi connectivity index (χ1) is 13.4. The first-order valence-electron chi connectivity index (χ1n) is 8.99. The van der Waals surface area contributed by atoms with Crippen molar-refractivity contribution in [3.05, 3.63) is 108 Å². The Morgan fingerprint density at radius 3 is 1.81 bits per heavy atom. The van der Waals surface area contributed by atoms with E-state index in [0.717, 1.165) is 33.8 Å². The minimum Gasteiger partial charge on any atom is -0.293 e. The Morgan fingerprint density at radius 2 is 1.19 bits per heavy atom. The van der Waals surface area contributed by atoms with Crippen molar-refractivity contribution in [3.63, 3.8) is 0 Å². The van der Waals surface area contributed by atoms with Gasteiger partial charge in [0.25, 0.3) is 0 Å². The van der Waals surface area contributed by atoms with Crippen molar-refractivity contribution >= 4 is 23.1 Å². The minimum atomic E-state index is 0.682. The fourth-order valence-electron chi connectivity index (χ4n) is 3.35. The molecule has 0 atom stereocenters. The number of nitrogens with one attached hydrogen (secondary N) is 1. The van der Waals surface area contributed by atoms with E-state index in [1.165, 1.54) is 0 Å². The lowest BCUT2D eigenvalue weighted by Gasteiger charge is -2.28. The standard InChI is InChI=1S/C23H18N4/c1-4-10-17(11-5-1)20-16-27-23(24-20)25-21(18-12-6-2-7-13-18)22(26-27)19-14-8-3-9-15-19/h1-15,26H,16H2. The predicted molar refractivity (Wildman–Crippen MR) is 110 cm³/mol. The van der Waals surface area contributed by atoms with Crippen LogP contribution in [0.4, 0.5) is 0 Å². The summed E-state index contributed by atoms with van der Waals surface area (Å²) in [4.78, 5) is 9.70. The van der Waals surface area contributed by atoms with Crippen molar-refractivity contribution in [2.45, 2.75) is 0 Å². The van der Waals surface area contributed by atoms with Crippen LogP contribution < -0.4 is 5.43 Å². The second-order valence-electron chi connectivity index (χ2n) is 6.49. The monoisotopic (exact) mass is 350 g/mol. The van der Waals surface area contributed by atoms with Gasteiger partial charge >= 0.3 is 0 Å². The van der Waals surface area contributed by atoms with Crippen LogP contribution in [-0.2, 0) is 0 Å². The van der Waals surface area contributed by atoms with Crippen LogP contribution in [0, 0.1) is 0 Å². The summed E-state index contributed by atoms with van der Waals surface area (Å²) in [6, 6.07) is 30.8. The molecule has 2 heterocycles. The van der Waals surface area contributed by atoms with E-state index in [2.05, 4.69) is 41.8 Å². The van der Waals surface area contributed by atoms with Gasteiger partial charge < -0.3 is 0 Å². The molecule has 0 bridgehead atoms. The zero-order valence-electron chi connectivity index (χ0n) is 14.7. The molecule has 0 spiro atoms. The maximum absolute atomic E-state index is 4.92. The van der Waals surface area contributed by atoms with Gasteiger partial charge in [-0.15, -0.1) is 0 Å². The molecule has 3 aromatic rings. The van der Waals surface area contributed by atoms with Gasteiger partial charge in [0, 0.05) is 11.1 Å². The van der Waals surface area contributed by atoms with Crippen molar-refractivity contribution < 1.29 is 0 Å². The van der Waals surface area contributed by atoms with E-state index < -0.39 is 0 Å². The molecule has 27 heavy (non-hydrogen) atoms. The molecule has 4 nitrogen and oxygen atoms in total. The summed E-state index contributed by atoms with van der Waals surface area (Å²) in [6.07, 6.45) is 0. The molecule has 0 amide bonds. The van der Waals surface area contributed by atoms with Gasteiger partial charge in [-0.25, -0.2) is 15.0 Å².